The van der Waals surface area contributed by atoms with Gasteiger partial charge < -0.3 is 37.9 Å². The molecule has 0 saturated carbocycles. The van der Waals surface area contributed by atoms with Crippen molar-refractivity contribution in [1.29, 1.82) is 0 Å². The van der Waals surface area contributed by atoms with Crippen LogP contribution in [0.2, 0.25) is 0 Å². The van der Waals surface area contributed by atoms with Gasteiger partial charge in [-0.1, -0.05) is 90.0 Å². The second kappa shape index (κ2) is 38.2. The third-order valence-corrected chi connectivity index (χ3v) is 26.3. The number of alkyl halides is 2. The number of ketones is 4. The molecule has 12 aromatic carbocycles. The van der Waals surface area contributed by atoms with Gasteiger partial charge in [-0.2, -0.15) is 0 Å². The molecule has 16 aromatic rings. The summed E-state index contributed by atoms with van der Waals surface area (Å²) < 4.78 is 92.3. The van der Waals surface area contributed by atoms with Gasteiger partial charge in [0, 0.05) is 111 Å². The van der Waals surface area contributed by atoms with E-state index in [-0.39, 0.29) is 34.5 Å². The Bertz CT molecular complexity index is 7520. The number of carbonyl (C=O) groups excluding carboxylic acids is 4. The van der Waals surface area contributed by atoms with Crippen LogP contribution in [0.4, 0.5) is 13.2 Å². The topological polar surface area (TPSA) is 194 Å². The Morgan fingerprint density at radius 2 is 0.647 bits per heavy atom. The SMILES string of the molecule is CC(=O)[C@@H](OC(C)(C)C)c1c(C)c(F)c2cc(C)ccc2c1-c1ccc2c3c(ccnc13)CCO2.CC(=O)[C@@H](OC(C)(C)C)c1c(C)cc2c(C)cccc2c1-c1ccc2c3c(ccnc13)CCO2.CC(=O)[C@@H](OC(C)(C)C)c1c(C)cc2cc(C(F)F)ccc2c1-c1ccc2c3c(ccnc13)CCO2.CC(=O)[C@@H](OC(C)(C)C)c1c(C)cc2ccc(C)cc2c1-c1ccc2c3c(ccnc13)CCO2. The standard InChI is InChI=1S/C30H29F2NO3.C30H30FNO3.2C30H31NO3/c1-16-14-20-15-19(29(31)32)6-7-21(20)26(24(16)28(17(2)34)36-30(3,4)5)22-8-9-23-25-18(11-13-35-23)10-12-33-27(22)25;1-16-7-8-20-22(15-16)27(31)17(2)24(29(18(3)33)35-30(4,5)6)26(20)21-9-10-23-25-19(12-14-34-23)11-13-32-28(21)25;1-17-7-8-21-16-18(2)25(29(19(3)32)34-30(4,5)6)27(23(21)15-17)22-9-10-24-26-20(12-14-33-24)11-13-31-28(22)26;1-17-8-7-9-21-23(17)16-18(2)25(29(19(3)32)34-30(4,5)6)27(21)22-10-11-24-26-20(13-15-33-24)12-14-31-28(22)26/h6-10,12,14-15,28-29H,11,13H2,1-5H3;7-11,13,15,29H,12,14H2,1-6H3;7-11,13,15-16,29H,12,14H2,1-6H3;7-12,14,16,29H,13,15H2,1-6H3/t28-;3*29-/m1111/s1. The maximum absolute atomic E-state index is 15.9. The summed E-state index contributed by atoms with van der Waals surface area (Å²) in [6.07, 6.45) is 4.97. The fourth-order valence-corrected chi connectivity index (χ4v) is 20.5. The molecule has 4 atom stereocenters. The Kier molecular flexibility index (Phi) is 26.8. The van der Waals surface area contributed by atoms with Gasteiger partial charge in [0.1, 0.15) is 53.2 Å². The van der Waals surface area contributed by atoms with Gasteiger partial charge in [0.05, 0.1) is 70.9 Å². The van der Waals surface area contributed by atoms with E-state index in [1.807, 2.05) is 188 Å². The highest BCUT2D eigenvalue weighted by Crippen LogP contribution is 2.53. The van der Waals surface area contributed by atoms with Gasteiger partial charge in [-0.05, 0) is 371 Å². The minimum absolute atomic E-state index is 0.00898. The Labute approximate surface area is 810 Å². The second-order valence-corrected chi connectivity index (χ2v) is 41.4. The zero-order valence-electron chi connectivity index (χ0n) is 83.8. The lowest BCUT2D eigenvalue weighted by Gasteiger charge is -2.30. The molecule has 4 aliphatic heterocycles. The van der Waals surface area contributed by atoms with Gasteiger partial charge in [-0.25, -0.2) is 13.2 Å². The molecule has 714 valence electrons. The summed E-state index contributed by atoms with van der Waals surface area (Å²) in [6.45, 7) is 46.2. The van der Waals surface area contributed by atoms with Crippen molar-refractivity contribution in [3.05, 3.63) is 283 Å². The van der Waals surface area contributed by atoms with Gasteiger partial charge in [-0.3, -0.25) is 39.1 Å². The molecule has 0 aliphatic carbocycles. The number of halogens is 3. The number of benzene rings is 12. The number of aryl methyl sites for hydroxylation is 6. The van der Waals surface area contributed by atoms with Crippen molar-refractivity contribution in [2.45, 2.75) is 238 Å². The van der Waals surface area contributed by atoms with Crippen LogP contribution < -0.4 is 18.9 Å². The third kappa shape index (κ3) is 19.4. The number of Topliss-reactive ketones (excluding diaryl/α,β-unsaturated/α-hetero) is 4. The average Bonchev–Trinajstić information content (AvgIpc) is 0.739. The van der Waals surface area contributed by atoms with Crippen molar-refractivity contribution in [2.75, 3.05) is 26.4 Å². The maximum atomic E-state index is 15.9. The zero-order valence-corrected chi connectivity index (χ0v) is 83.8. The molecular formula is C120H121F3N4O12. The van der Waals surface area contributed by atoms with Crippen molar-refractivity contribution in [3.63, 3.8) is 0 Å². The first kappa shape index (κ1) is 97.5. The lowest BCUT2D eigenvalue weighted by Crippen LogP contribution is -2.27. The van der Waals surface area contributed by atoms with Gasteiger partial charge >= 0.3 is 0 Å². The summed E-state index contributed by atoms with van der Waals surface area (Å²) in [4.78, 5) is 71.2. The van der Waals surface area contributed by atoms with Crippen LogP contribution in [0.15, 0.2) is 189 Å². The predicted molar refractivity (Wildman–Crippen MR) is 551 cm³/mol. The van der Waals surface area contributed by atoms with Crippen LogP contribution in [0.5, 0.6) is 23.0 Å². The molecule has 4 aromatic heterocycles. The Morgan fingerprint density at radius 1 is 0.324 bits per heavy atom. The average molecular weight is 1870 g/mol. The number of nitrogens with zero attached hydrogens (tertiary/aromatic N) is 4. The van der Waals surface area contributed by atoms with Crippen LogP contribution in [0, 0.1) is 54.3 Å². The number of rotatable bonds is 17. The Balaban J connectivity index is 0.000000128. The highest BCUT2D eigenvalue weighted by molar-refractivity contribution is 6.15. The van der Waals surface area contributed by atoms with E-state index >= 15 is 4.39 Å². The minimum Gasteiger partial charge on any atom is -0.493 e. The van der Waals surface area contributed by atoms with Crippen molar-refractivity contribution in [2.24, 2.45) is 0 Å². The van der Waals surface area contributed by atoms with Crippen molar-refractivity contribution in [3.8, 4) is 67.5 Å². The van der Waals surface area contributed by atoms with Gasteiger partial charge in [-0.15, -0.1) is 0 Å². The molecule has 0 saturated heterocycles. The van der Waals surface area contributed by atoms with E-state index in [4.69, 9.17) is 57.8 Å². The molecule has 8 heterocycles. The fraction of sp³-hybridized carbons (Fsp3) is 0.333. The number of ether oxygens (including phenoxy) is 8. The summed E-state index contributed by atoms with van der Waals surface area (Å²) in [5.74, 6) is 2.67. The number of hydrogen-bond acceptors (Lipinski definition) is 16. The summed E-state index contributed by atoms with van der Waals surface area (Å²) in [5.41, 5.74) is 23.0. The normalized spacial score (nSPS) is 14.3. The summed E-state index contributed by atoms with van der Waals surface area (Å²) in [6, 6.07) is 53.8. The smallest absolute Gasteiger partial charge is 0.263 e. The highest BCUT2D eigenvalue weighted by atomic mass is 19.3. The third-order valence-electron chi connectivity index (χ3n) is 26.3. The predicted octanol–water partition coefficient (Wildman–Crippen LogP) is 29.0. The summed E-state index contributed by atoms with van der Waals surface area (Å²) in [5, 5.41) is 11.3. The lowest BCUT2D eigenvalue weighted by atomic mass is 9.84. The second-order valence-electron chi connectivity index (χ2n) is 41.4. The largest absolute Gasteiger partial charge is 0.493 e. The molecule has 0 N–H and O–H groups in total. The van der Waals surface area contributed by atoms with Crippen LogP contribution in [0.25, 0.3) is 131 Å². The first-order valence-corrected chi connectivity index (χ1v) is 47.9. The molecule has 0 spiro atoms. The molecule has 16 nitrogen and oxygen atoms in total. The number of aromatic nitrogens is 4. The number of carbonyl (C=O) groups is 4. The van der Waals surface area contributed by atoms with Crippen LogP contribution in [0.3, 0.4) is 0 Å². The van der Waals surface area contributed by atoms with Crippen LogP contribution >= 0.6 is 0 Å². The lowest BCUT2D eigenvalue weighted by molar-refractivity contribution is -0.139. The van der Waals surface area contributed by atoms with Crippen LogP contribution in [-0.2, 0) is 63.8 Å². The fourth-order valence-electron chi connectivity index (χ4n) is 20.5. The van der Waals surface area contributed by atoms with E-state index in [1.165, 1.54) is 59.2 Å². The number of pyridine rings is 4. The first-order chi connectivity index (χ1) is 65.9. The first-order valence-electron chi connectivity index (χ1n) is 47.9. The molecule has 20 rings (SSSR count). The van der Waals surface area contributed by atoms with Crippen molar-refractivity contribution < 1.29 is 70.2 Å². The molecule has 0 bridgehead atoms. The monoisotopic (exact) mass is 1870 g/mol. The molecule has 0 unspecified atom stereocenters. The van der Waals surface area contributed by atoms with E-state index in [2.05, 4.69) is 100 Å². The van der Waals surface area contributed by atoms with E-state index in [1.54, 1.807) is 33.0 Å². The van der Waals surface area contributed by atoms with Gasteiger partial charge in [0.15, 0.2) is 23.1 Å². The quantitative estimate of drug-likeness (QED) is 0.0834. The molecule has 19 heteroatoms. The van der Waals surface area contributed by atoms with E-state index in [0.717, 1.165) is 208 Å². The van der Waals surface area contributed by atoms with E-state index < -0.39 is 53.2 Å². The number of hydrogen-bond donors (Lipinski definition) is 0. The molecule has 0 amide bonds. The van der Waals surface area contributed by atoms with Gasteiger partial charge in [0.25, 0.3) is 6.43 Å². The number of fused-ring (bicyclic) bond motifs is 4. The summed E-state index contributed by atoms with van der Waals surface area (Å²) in [7, 11) is 0. The maximum Gasteiger partial charge on any atom is 0.263 e. The zero-order chi connectivity index (χ0) is 99.2. The Hall–Kier alpha value is -13.2. The van der Waals surface area contributed by atoms with Crippen molar-refractivity contribution >= 4 is 110 Å². The van der Waals surface area contributed by atoms with E-state index in [0.29, 0.717) is 48.3 Å². The minimum atomic E-state index is -2.58. The summed E-state index contributed by atoms with van der Waals surface area (Å²) >= 11 is 0. The molecule has 0 fully saturated rings. The molecule has 4 aliphatic rings. The molecule has 0 radical (unpaired) electrons. The van der Waals surface area contributed by atoms with Gasteiger partial charge in [0.2, 0.25) is 0 Å². The van der Waals surface area contributed by atoms with Crippen LogP contribution in [-0.4, -0.2) is 91.9 Å². The molecule has 139 heavy (non-hydrogen) atoms. The van der Waals surface area contributed by atoms with Crippen molar-refractivity contribution in [1.82, 2.24) is 19.9 Å². The molecular weight excluding hydrogens is 1750 g/mol. The van der Waals surface area contributed by atoms with Crippen LogP contribution in [0.1, 0.15) is 231 Å². The Morgan fingerprint density at radius 3 is 1.02 bits per heavy atom. The highest BCUT2D eigenvalue weighted by Gasteiger charge is 2.39. The van der Waals surface area contributed by atoms with E-state index in [9.17, 15) is 28.0 Å².